The highest BCUT2D eigenvalue weighted by atomic mass is 35.5. The SMILES string of the molecule is CCCc1nnc(CCCCl)s1. The molecular weight excluding hydrogens is 192 g/mol. The minimum absolute atomic E-state index is 0.711. The number of hydrogen-bond acceptors (Lipinski definition) is 3. The van der Waals surface area contributed by atoms with Gasteiger partial charge in [-0.1, -0.05) is 6.92 Å². The highest BCUT2D eigenvalue weighted by Gasteiger charge is 2.01. The van der Waals surface area contributed by atoms with E-state index < -0.39 is 0 Å². The number of halogens is 1. The summed E-state index contributed by atoms with van der Waals surface area (Å²) >= 11 is 7.29. The van der Waals surface area contributed by atoms with E-state index in [1.165, 1.54) is 0 Å². The first-order valence-corrected chi connectivity index (χ1v) is 5.59. The van der Waals surface area contributed by atoms with Gasteiger partial charge in [-0.05, 0) is 12.8 Å². The second-order valence-electron chi connectivity index (χ2n) is 2.63. The van der Waals surface area contributed by atoms with Crippen molar-refractivity contribution in [3.63, 3.8) is 0 Å². The molecule has 0 atom stereocenters. The van der Waals surface area contributed by atoms with Gasteiger partial charge in [0.1, 0.15) is 10.0 Å². The topological polar surface area (TPSA) is 25.8 Å². The molecule has 68 valence electrons. The van der Waals surface area contributed by atoms with E-state index in [1.807, 2.05) is 0 Å². The van der Waals surface area contributed by atoms with Gasteiger partial charge < -0.3 is 0 Å². The van der Waals surface area contributed by atoms with E-state index in [4.69, 9.17) is 11.6 Å². The molecule has 0 spiro atoms. The molecule has 0 aliphatic carbocycles. The minimum atomic E-state index is 0.711. The summed E-state index contributed by atoms with van der Waals surface area (Å²) in [5.74, 6) is 0.711. The van der Waals surface area contributed by atoms with Crippen LogP contribution in [0.5, 0.6) is 0 Å². The quantitative estimate of drug-likeness (QED) is 0.690. The van der Waals surface area contributed by atoms with Gasteiger partial charge in [0, 0.05) is 18.7 Å². The van der Waals surface area contributed by atoms with Crippen LogP contribution in [0.25, 0.3) is 0 Å². The Bertz CT molecular complexity index is 225. The van der Waals surface area contributed by atoms with Crippen molar-refractivity contribution < 1.29 is 0 Å². The first-order valence-electron chi connectivity index (χ1n) is 4.24. The summed E-state index contributed by atoms with van der Waals surface area (Å²) in [6.07, 6.45) is 4.18. The van der Waals surface area contributed by atoms with E-state index >= 15 is 0 Å². The van der Waals surface area contributed by atoms with Crippen LogP contribution in [0.2, 0.25) is 0 Å². The second kappa shape index (κ2) is 5.49. The van der Waals surface area contributed by atoms with Crippen molar-refractivity contribution in [3.05, 3.63) is 10.0 Å². The monoisotopic (exact) mass is 204 g/mol. The first kappa shape index (κ1) is 9.93. The molecule has 1 rings (SSSR count). The van der Waals surface area contributed by atoms with Crippen LogP contribution in [0.1, 0.15) is 29.8 Å². The van der Waals surface area contributed by atoms with Gasteiger partial charge in [0.15, 0.2) is 0 Å². The summed E-state index contributed by atoms with van der Waals surface area (Å²) in [6, 6.07) is 0. The molecule has 0 radical (unpaired) electrons. The van der Waals surface area contributed by atoms with Crippen molar-refractivity contribution in [2.24, 2.45) is 0 Å². The molecule has 4 heteroatoms. The predicted molar refractivity (Wildman–Crippen MR) is 52.9 cm³/mol. The summed E-state index contributed by atoms with van der Waals surface area (Å²) in [6.45, 7) is 2.15. The van der Waals surface area contributed by atoms with Crippen molar-refractivity contribution in [2.45, 2.75) is 32.6 Å². The Kier molecular flexibility index (Phi) is 4.54. The van der Waals surface area contributed by atoms with E-state index in [1.54, 1.807) is 11.3 Å². The largest absolute Gasteiger partial charge is 0.144 e. The maximum absolute atomic E-state index is 5.58. The van der Waals surface area contributed by atoms with Gasteiger partial charge in [-0.25, -0.2) is 0 Å². The third-order valence-electron chi connectivity index (χ3n) is 1.50. The molecule has 1 heterocycles. The average molecular weight is 205 g/mol. The lowest BCUT2D eigenvalue weighted by molar-refractivity contribution is 0.847. The van der Waals surface area contributed by atoms with Crippen molar-refractivity contribution in [3.8, 4) is 0 Å². The lowest BCUT2D eigenvalue weighted by atomic mass is 10.4. The van der Waals surface area contributed by atoms with Crippen LogP contribution in [-0.4, -0.2) is 16.1 Å². The van der Waals surface area contributed by atoms with Crippen molar-refractivity contribution in [1.29, 1.82) is 0 Å². The van der Waals surface area contributed by atoms with E-state index in [0.29, 0.717) is 5.88 Å². The summed E-state index contributed by atoms with van der Waals surface area (Å²) in [4.78, 5) is 0. The molecule has 1 aromatic heterocycles. The lowest BCUT2D eigenvalue weighted by Gasteiger charge is -1.88. The first-order chi connectivity index (χ1) is 5.86. The standard InChI is InChI=1S/C8H13ClN2S/c1-2-4-7-10-11-8(12-7)5-3-6-9/h2-6H2,1H3. The summed E-state index contributed by atoms with van der Waals surface area (Å²) in [5, 5.41) is 10.4. The van der Waals surface area contributed by atoms with Crippen LogP contribution in [-0.2, 0) is 12.8 Å². The Morgan fingerprint density at radius 2 is 1.92 bits per heavy atom. The Morgan fingerprint density at radius 1 is 1.25 bits per heavy atom. The van der Waals surface area contributed by atoms with E-state index in [-0.39, 0.29) is 0 Å². The number of nitrogens with zero attached hydrogens (tertiary/aromatic N) is 2. The van der Waals surface area contributed by atoms with Gasteiger partial charge in [-0.2, -0.15) is 0 Å². The van der Waals surface area contributed by atoms with Crippen LogP contribution in [0.4, 0.5) is 0 Å². The molecule has 2 nitrogen and oxygen atoms in total. The van der Waals surface area contributed by atoms with Gasteiger partial charge in [0.05, 0.1) is 0 Å². The Morgan fingerprint density at radius 3 is 2.50 bits per heavy atom. The smallest absolute Gasteiger partial charge is 0.117 e. The van der Waals surface area contributed by atoms with Crippen molar-refractivity contribution >= 4 is 22.9 Å². The molecule has 0 saturated carbocycles. The lowest BCUT2D eigenvalue weighted by Crippen LogP contribution is -1.84. The fourth-order valence-electron chi connectivity index (χ4n) is 0.922. The molecular formula is C8H13ClN2S. The van der Waals surface area contributed by atoms with Crippen LogP contribution < -0.4 is 0 Å². The highest BCUT2D eigenvalue weighted by molar-refractivity contribution is 7.11. The number of alkyl halides is 1. The van der Waals surface area contributed by atoms with Gasteiger partial charge in [-0.15, -0.1) is 33.1 Å². The van der Waals surface area contributed by atoms with Crippen molar-refractivity contribution in [1.82, 2.24) is 10.2 Å². The van der Waals surface area contributed by atoms with Crippen LogP contribution in [0.15, 0.2) is 0 Å². The maximum Gasteiger partial charge on any atom is 0.117 e. The minimum Gasteiger partial charge on any atom is -0.144 e. The van der Waals surface area contributed by atoms with E-state index in [2.05, 4.69) is 17.1 Å². The summed E-state index contributed by atoms with van der Waals surface area (Å²) in [5.41, 5.74) is 0. The maximum atomic E-state index is 5.58. The molecule has 0 aliphatic rings. The second-order valence-corrected chi connectivity index (χ2v) is 4.16. The molecule has 0 aromatic carbocycles. The normalized spacial score (nSPS) is 10.5. The van der Waals surface area contributed by atoms with Crippen molar-refractivity contribution in [2.75, 3.05) is 5.88 Å². The Labute approximate surface area is 82.0 Å². The predicted octanol–water partition coefficient (Wildman–Crippen LogP) is 2.66. The molecule has 0 unspecified atom stereocenters. The molecule has 0 bridgehead atoms. The number of rotatable bonds is 5. The molecule has 0 aliphatic heterocycles. The number of hydrogen-bond donors (Lipinski definition) is 0. The third-order valence-corrected chi connectivity index (χ3v) is 2.81. The number of aryl methyl sites for hydroxylation is 2. The Hall–Kier alpha value is -0.150. The van der Waals surface area contributed by atoms with Crippen LogP contribution >= 0.6 is 22.9 Å². The average Bonchev–Trinajstić information content (AvgIpc) is 2.50. The highest BCUT2D eigenvalue weighted by Crippen LogP contribution is 2.13. The zero-order chi connectivity index (χ0) is 8.81. The van der Waals surface area contributed by atoms with Gasteiger partial charge in [0.25, 0.3) is 0 Å². The van der Waals surface area contributed by atoms with Gasteiger partial charge in [0.2, 0.25) is 0 Å². The fourth-order valence-corrected chi connectivity index (χ4v) is 2.04. The summed E-state index contributed by atoms with van der Waals surface area (Å²) in [7, 11) is 0. The molecule has 0 saturated heterocycles. The fraction of sp³-hybridized carbons (Fsp3) is 0.750. The van der Waals surface area contributed by atoms with Crippen LogP contribution in [0, 0.1) is 0 Å². The number of aromatic nitrogens is 2. The zero-order valence-corrected chi connectivity index (χ0v) is 8.79. The third kappa shape index (κ3) is 3.07. The molecule has 1 aromatic rings. The molecule has 0 fully saturated rings. The van der Waals surface area contributed by atoms with Gasteiger partial charge >= 0.3 is 0 Å². The van der Waals surface area contributed by atoms with E-state index in [9.17, 15) is 0 Å². The van der Waals surface area contributed by atoms with Gasteiger partial charge in [-0.3, -0.25) is 0 Å². The molecule has 0 N–H and O–H groups in total. The molecule has 0 amide bonds. The Balaban J connectivity index is 2.41. The summed E-state index contributed by atoms with van der Waals surface area (Å²) < 4.78 is 0. The van der Waals surface area contributed by atoms with Crippen LogP contribution in [0.3, 0.4) is 0 Å². The molecule has 12 heavy (non-hydrogen) atoms. The van der Waals surface area contributed by atoms with E-state index in [0.717, 1.165) is 35.7 Å². The zero-order valence-electron chi connectivity index (χ0n) is 7.22.